The lowest BCUT2D eigenvalue weighted by molar-refractivity contribution is -0.128. The maximum atomic E-state index is 12.1. The van der Waals surface area contributed by atoms with Gasteiger partial charge in [0.15, 0.2) is 0 Å². The Labute approximate surface area is 122 Å². The van der Waals surface area contributed by atoms with Crippen molar-refractivity contribution in [2.24, 2.45) is 11.0 Å². The van der Waals surface area contributed by atoms with E-state index in [0.29, 0.717) is 26.1 Å². The highest BCUT2D eigenvalue weighted by atomic mass is 16.2. The van der Waals surface area contributed by atoms with Gasteiger partial charge in [-0.05, 0) is 29.1 Å². The van der Waals surface area contributed by atoms with Crippen molar-refractivity contribution in [1.29, 1.82) is 0 Å². The fourth-order valence-corrected chi connectivity index (χ4v) is 2.79. The number of fused-ring (bicyclic) bond motifs is 1. The normalized spacial score (nSPS) is 18.0. The summed E-state index contributed by atoms with van der Waals surface area (Å²) < 4.78 is 0. The Morgan fingerprint density at radius 2 is 2.29 bits per heavy atom. The number of aromatic nitrogens is 1. The van der Waals surface area contributed by atoms with Crippen LogP contribution in [0, 0.1) is 5.92 Å². The molecule has 0 spiro atoms. The lowest BCUT2D eigenvalue weighted by atomic mass is 10.1. The number of hydrogen-bond donors (Lipinski definition) is 0. The van der Waals surface area contributed by atoms with E-state index >= 15 is 0 Å². The van der Waals surface area contributed by atoms with Crippen molar-refractivity contribution in [3.63, 3.8) is 0 Å². The molecule has 1 amide bonds. The fraction of sp³-hybridized carbons (Fsp3) is 0.333. The summed E-state index contributed by atoms with van der Waals surface area (Å²) in [6, 6.07) is 9.88. The molecule has 0 radical (unpaired) electrons. The van der Waals surface area contributed by atoms with E-state index in [1.54, 1.807) is 6.20 Å². The molecule has 1 fully saturated rings. The Kier molecular flexibility index (Phi) is 3.71. The topological polar surface area (TPSA) is 82.0 Å². The molecule has 3 rings (SSSR count). The molecular formula is C15H15N5O. The smallest absolute Gasteiger partial charge is 0.223 e. The standard InChI is InChI=1S/C15H15N5O/c16-19-18-8-11-7-15(21)20(9-11)10-12-3-1-5-14-13(12)4-2-6-17-14/h1-6,11H,7-10H2. The van der Waals surface area contributed by atoms with E-state index in [9.17, 15) is 4.79 Å². The van der Waals surface area contributed by atoms with Crippen molar-refractivity contribution >= 4 is 16.8 Å². The van der Waals surface area contributed by atoms with Gasteiger partial charge >= 0.3 is 0 Å². The molecule has 1 atom stereocenters. The predicted octanol–water partition coefficient (Wildman–Crippen LogP) is 2.89. The van der Waals surface area contributed by atoms with Gasteiger partial charge in [-0.25, -0.2) is 0 Å². The molecule has 1 saturated heterocycles. The maximum absolute atomic E-state index is 12.1. The SMILES string of the molecule is [N-]=[N+]=NCC1CC(=O)N(Cc2cccc3ncccc23)C1. The molecule has 1 aromatic carbocycles. The maximum Gasteiger partial charge on any atom is 0.223 e. The number of nitrogens with zero attached hydrogens (tertiary/aromatic N) is 5. The molecule has 2 heterocycles. The van der Waals surface area contributed by atoms with Crippen LogP contribution in [-0.4, -0.2) is 28.9 Å². The first-order valence-corrected chi connectivity index (χ1v) is 6.89. The van der Waals surface area contributed by atoms with Gasteiger partial charge in [0.1, 0.15) is 0 Å². The molecule has 6 heteroatoms. The summed E-state index contributed by atoms with van der Waals surface area (Å²) in [4.78, 5) is 21.0. The molecule has 21 heavy (non-hydrogen) atoms. The minimum atomic E-state index is 0.119. The largest absolute Gasteiger partial charge is 0.338 e. The monoisotopic (exact) mass is 281 g/mol. The molecular weight excluding hydrogens is 266 g/mol. The molecule has 1 aliphatic heterocycles. The number of pyridine rings is 1. The summed E-state index contributed by atoms with van der Waals surface area (Å²) in [5.74, 6) is 0.246. The molecule has 0 saturated carbocycles. The van der Waals surface area contributed by atoms with E-state index in [1.165, 1.54) is 0 Å². The Hall–Kier alpha value is -2.59. The first-order chi connectivity index (χ1) is 10.3. The van der Waals surface area contributed by atoms with Crippen LogP contribution in [0.1, 0.15) is 12.0 Å². The predicted molar refractivity (Wildman–Crippen MR) is 79.3 cm³/mol. The quantitative estimate of drug-likeness (QED) is 0.490. The van der Waals surface area contributed by atoms with Gasteiger partial charge < -0.3 is 4.90 Å². The van der Waals surface area contributed by atoms with Gasteiger partial charge in [-0.1, -0.05) is 23.3 Å². The van der Waals surface area contributed by atoms with Gasteiger partial charge in [-0.3, -0.25) is 9.78 Å². The van der Waals surface area contributed by atoms with Crippen LogP contribution in [0.4, 0.5) is 0 Å². The average Bonchev–Trinajstić information content (AvgIpc) is 2.86. The molecule has 1 aromatic heterocycles. The Morgan fingerprint density at radius 1 is 1.38 bits per heavy atom. The second kappa shape index (κ2) is 5.81. The van der Waals surface area contributed by atoms with Crippen LogP contribution in [-0.2, 0) is 11.3 Å². The summed E-state index contributed by atoms with van der Waals surface area (Å²) in [7, 11) is 0. The third-order valence-electron chi connectivity index (χ3n) is 3.79. The first kappa shape index (κ1) is 13.4. The zero-order chi connectivity index (χ0) is 14.7. The summed E-state index contributed by atoms with van der Waals surface area (Å²) in [6.45, 7) is 1.61. The number of likely N-dealkylation sites (tertiary alicyclic amines) is 1. The van der Waals surface area contributed by atoms with Gasteiger partial charge in [0.25, 0.3) is 0 Å². The first-order valence-electron chi connectivity index (χ1n) is 6.89. The second-order valence-electron chi connectivity index (χ2n) is 5.25. The Bertz CT molecular complexity index is 718. The molecule has 1 aliphatic rings. The summed E-state index contributed by atoms with van der Waals surface area (Å²) in [5.41, 5.74) is 10.4. The van der Waals surface area contributed by atoms with E-state index in [1.807, 2.05) is 35.2 Å². The van der Waals surface area contributed by atoms with Crippen molar-refractivity contribution < 1.29 is 4.79 Å². The van der Waals surface area contributed by atoms with Crippen LogP contribution in [0.25, 0.3) is 21.3 Å². The number of carbonyl (C=O) groups is 1. The highest BCUT2D eigenvalue weighted by molar-refractivity contribution is 5.83. The number of azide groups is 1. The fourth-order valence-electron chi connectivity index (χ4n) is 2.79. The number of amides is 1. The third-order valence-corrected chi connectivity index (χ3v) is 3.79. The molecule has 2 aromatic rings. The van der Waals surface area contributed by atoms with E-state index < -0.39 is 0 Å². The lowest BCUT2D eigenvalue weighted by Gasteiger charge is -2.17. The molecule has 6 nitrogen and oxygen atoms in total. The number of hydrogen-bond acceptors (Lipinski definition) is 3. The third kappa shape index (κ3) is 2.80. The van der Waals surface area contributed by atoms with Gasteiger partial charge in [0.05, 0.1) is 5.52 Å². The Balaban J connectivity index is 1.79. The number of carbonyl (C=O) groups excluding carboxylic acids is 1. The number of rotatable bonds is 4. The van der Waals surface area contributed by atoms with Gasteiger partial charge in [-0.2, -0.15) is 0 Å². The molecule has 1 unspecified atom stereocenters. The summed E-state index contributed by atoms with van der Waals surface area (Å²) in [6.07, 6.45) is 2.23. The molecule has 106 valence electrons. The van der Waals surface area contributed by atoms with Crippen LogP contribution >= 0.6 is 0 Å². The van der Waals surface area contributed by atoms with Crippen molar-refractivity contribution in [2.75, 3.05) is 13.1 Å². The molecule has 0 N–H and O–H groups in total. The Morgan fingerprint density at radius 3 is 3.14 bits per heavy atom. The van der Waals surface area contributed by atoms with Crippen LogP contribution in [0.3, 0.4) is 0 Å². The van der Waals surface area contributed by atoms with E-state index in [0.717, 1.165) is 16.5 Å². The zero-order valence-electron chi connectivity index (χ0n) is 11.5. The van der Waals surface area contributed by atoms with Crippen LogP contribution in [0.5, 0.6) is 0 Å². The number of benzene rings is 1. The highest BCUT2D eigenvalue weighted by Crippen LogP contribution is 2.23. The van der Waals surface area contributed by atoms with Crippen LogP contribution in [0.2, 0.25) is 0 Å². The van der Waals surface area contributed by atoms with Crippen molar-refractivity contribution in [1.82, 2.24) is 9.88 Å². The zero-order valence-corrected chi connectivity index (χ0v) is 11.5. The van der Waals surface area contributed by atoms with E-state index in [-0.39, 0.29) is 11.8 Å². The van der Waals surface area contributed by atoms with Gasteiger partial charge in [0, 0.05) is 42.5 Å². The average molecular weight is 281 g/mol. The minimum absolute atomic E-state index is 0.119. The summed E-state index contributed by atoms with van der Waals surface area (Å²) >= 11 is 0. The van der Waals surface area contributed by atoms with Gasteiger partial charge in [0.2, 0.25) is 5.91 Å². The highest BCUT2D eigenvalue weighted by Gasteiger charge is 2.29. The van der Waals surface area contributed by atoms with Crippen molar-refractivity contribution in [3.05, 3.63) is 52.5 Å². The van der Waals surface area contributed by atoms with Crippen LogP contribution in [0.15, 0.2) is 41.6 Å². The lowest BCUT2D eigenvalue weighted by Crippen LogP contribution is -2.25. The minimum Gasteiger partial charge on any atom is -0.338 e. The van der Waals surface area contributed by atoms with E-state index in [2.05, 4.69) is 15.0 Å². The second-order valence-corrected chi connectivity index (χ2v) is 5.25. The van der Waals surface area contributed by atoms with E-state index in [4.69, 9.17) is 5.53 Å². The molecule has 0 aliphatic carbocycles. The summed E-state index contributed by atoms with van der Waals surface area (Å²) in [5, 5.41) is 4.65. The van der Waals surface area contributed by atoms with Crippen molar-refractivity contribution in [2.45, 2.75) is 13.0 Å². The van der Waals surface area contributed by atoms with Crippen molar-refractivity contribution in [3.8, 4) is 0 Å². The van der Waals surface area contributed by atoms with Crippen LogP contribution < -0.4 is 0 Å². The molecule has 0 bridgehead atoms. The van der Waals surface area contributed by atoms with Gasteiger partial charge in [-0.15, -0.1) is 0 Å².